The van der Waals surface area contributed by atoms with Gasteiger partial charge in [0.1, 0.15) is 5.82 Å². The molecule has 0 amide bonds. The summed E-state index contributed by atoms with van der Waals surface area (Å²) in [5.74, 6) is -1.31. The van der Waals surface area contributed by atoms with Crippen LogP contribution in [0.5, 0.6) is 0 Å². The molecular formula is C20H24F2N4S. The lowest BCUT2D eigenvalue weighted by atomic mass is 10.1. The van der Waals surface area contributed by atoms with E-state index in [1.165, 1.54) is 13.0 Å². The highest BCUT2D eigenvalue weighted by Gasteiger charge is 2.16. The summed E-state index contributed by atoms with van der Waals surface area (Å²) in [7, 11) is 0. The highest BCUT2D eigenvalue weighted by atomic mass is 32.2. The molecule has 2 N–H and O–H groups in total. The average molecular weight is 391 g/mol. The van der Waals surface area contributed by atoms with E-state index < -0.39 is 11.6 Å². The Morgan fingerprint density at radius 1 is 1.11 bits per heavy atom. The van der Waals surface area contributed by atoms with Gasteiger partial charge in [0.15, 0.2) is 5.82 Å². The minimum atomic E-state index is -0.665. The number of nitrogens with one attached hydrogen (secondary N) is 2. The van der Waals surface area contributed by atoms with Crippen molar-refractivity contribution in [2.45, 2.75) is 13.3 Å². The van der Waals surface area contributed by atoms with E-state index in [-0.39, 0.29) is 16.8 Å². The second-order valence-electron chi connectivity index (χ2n) is 6.53. The van der Waals surface area contributed by atoms with Crippen molar-refractivity contribution in [3.05, 3.63) is 53.1 Å². The Morgan fingerprint density at radius 3 is 2.52 bits per heavy atom. The first-order valence-corrected chi connectivity index (χ1v) is 10.1. The summed E-state index contributed by atoms with van der Waals surface area (Å²) < 4.78 is 30.5. The maximum Gasteiger partial charge on any atom is 0.153 e. The zero-order valence-electron chi connectivity index (χ0n) is 15.6. The maximum atomic E-state index is 14.5. The van der Waals surface area contributed by atoms with Crippen molar-refractivity contribution in [2.24, 2.45) is 0 Å². The van der Waals surface area contributed by atoms with Crippen LogP contribution in [0, 0.1) is 24.0 Å². The second kappa shape index (κ2) is 8.71. The van der Waals surface area contributed by atoms with Crippen LogP contribution in [-0.2, 0) is 0 Å². The molecule has 0 unspecified atom stereocenters. The standard InChI is InChI=1S/C20H24F2N4S/c1-14-18(21)12-15(13-23)20(19(14)22)24-16-4-6-17(7-5-16)25-8-3-9-26(27-2)11-10-25/h4-7,12-13,23-24H,3,8-11H2,1-2H3. The second-order valence-corrected chi connectivity index (χ2v) is 7.41. The quantitative estimate of drug-likeness (QED) is 0.568. The van der Waals surface area contributed by atoms with Gasteiger partial charge in [-0.05, 0) is 49.9 Å². The van der Waals surface area contributed by atoms with Gasteiger partial charge >= 0.3 is 0 Å². The average Bonchev–Trinajstić information content (AvgIpc) is 2.94. The van der Waals surface area contributed by atoms with Gasteiger partial charge in [0.2, 0.25) is 0 Å². The van der Waals surface area contributed by atoms with Gasteiger partial charge in [0.05, 0.1) is 5.69 Å². The Hall–Kier alpha value is -2.12. The molecule has 1 heterocycles. The third-order valence-corrected chi connectivity index (χ3v) is 5.73. The molecule has 0 radical (unpaired) electrons. The molecule has 0 bridgehead atoms. The van der Waals surface area contributed by atoms with Crippen LogP contribution in [0.4, 0.5) is 25.8 Å². The van der Waals surface area contributed by atoms with Crippen LogP contribution in [0.2, 0.25) is 0 Å². The van der Waals surface area contributed by atoms with Crippen LogP contribution in [0.15, 0.2) is 30.3 Å². The predicted octanol–water partition coefficient (Wildman–Crippen LogP) is 4.80. The van der Waals surface area contributed by atoms with Crippen molar-refractivity contribution in [2.75, 3.05) is 42.7 Å². The molecule has 0 aliphatic carbocycles. The fourth-order valence-electron chi connectivity index (χ4n) is 3.21. The zero-order valence-corrected chi connectivity index (χ0v) is 16.4. The van der Waals surface area contributed by atoms with Crippen LogP contribution in [0.3, 0.4) is 0 Å². The number of benzene rings is 2. The lowest BCUT2D eigenvalue weighted by Crippen LogP contribution is -2.27. The molecule has 2 aromatic carbocycles. The first-order valence-electron chi connectivity index (χ1n) is 8.93. The van der Waals surface area contributed by atoms with E-state index in [0.29, 0.717) is 5.69 Å². The number of halogens is 2. The van der Waals surface area contributed by atoms with E-state index in [9.17, 15) is 8.78 Å². The third-order valence-electron chi connectivity index (χ3n) is 4.85. The summed E-state index contributed by atoms with van der Waals surface area (Å²) >= 11 is 1.78. The highest BCUT2D eigenvalue weighted by molar-refractivity contribution is 7.96. The van der Waals surface area contributed by atoms with Crippen LogP contribution in [0.25, 0.3) is 0 Å². The Kier molecular flexibility index (Phi) is 6.34. The van der Waals surface area contributed by atoms with Crippen LogP contribution in [-0.4, -0.2) is 43.0 Å². The van der Waals surface area contributed by atoms with Crippen molar-refractivity contribution < 1.29 is 8.78 Å². The Morgan fingerprint density at radius 2 is 1.85 bits per heavy atom. The van der Waals surface area contributed by atoms with Crippen LogP contribution in [0.1, 0.15) is 17.5 Å². The van der Waals surface area contributed by atoms with Crippen LogP contribution >= 0.6 is 11.9 Å². The summed E-state index contributed by atoms with van der Waals surface area (Å²) in [4.78, 5) is 2.35. The summed E-state index contributed by atoms with van der Waals surface area (Å²) in [5, 5.41) is 10.4. The van der Waals surface area contributed by atoms with Gasteiger partial charge in [0, 0.05) is 54.9 Å². The summed E-state index contributed by atoms with van der Waals surface area (Å²) in [6.07, 6.45) is 4.18. The smallest absolute Gasteiger partial charge is 0.153 e. The number of nitrogens with zero attached hydrogens (tertiary/aromatic N) is 2. The van der Waals surface area contributed by atoms with Gasteiger partial charge in [-0.3, -0.25) is 0 Å². The van der Waals surface area contributed by atoms with Crippen molar-refractivity contribution in [3.8, 4) is 0 Å². The minimum Gasteiger partial charge on any atom is -0.370 e. The molecule has 1 saturated heterocycles. The Labute approximate surface area is 163 Å². The first-order chi connectivity index (χ1) is 13.0. The van der Waals surface area contributed by atoms with E-state index in [4.69, 9.17) is 5.41 Å². The molecule has 0 saturated carbocycles. The molecule has 27 heavy (non-hydrogen) atoms. The fraction of sp³-hybridized carbons (Fsp3) is 0.350. The molecule has 0 aromatic heterocycles. The minimum absolute atomic E-state index is 0.0531. The SMILES string of the molecule is CSN1CCCN(c2ccc(Nc3c(C=N)cc(F)c(C)c3F)cc2)CC1. The number of rotatable bonds is 5. The molecule has 0 spiro atoms. The molecule has 1 aliphatic rings. The van der Waals surface area contributed by atoms with E-state index in [1.807, 2.05) is 24.3 Å². The van der Waals surface area contributed by atoms with E-state index in [2.05, 4.69) is 20.8 Å². The predicted molar refractivity (Wildman–Crippen MR) is 111 cm³/mol. The third kappa shape index (κ3) is 4.42. The van der Waals surface area contributed by atoms with Crippen molar-refractivity contribution in [3.63, 3.8) is 0 Å². The van der Waals surface area contributed by atoms with Crippen molar-refractivity contribution in [1.82, 2.24) is 4.31 Å². The van der Waals surface area contributed by atoms with Gasteiger partial charge in [-0.1, -0.05) is 11.9 Å². The molecule has 3 rings (SSSR count). The first kappa shape index (κ1) is 19.6. The monoisotopic (exact) mass is 390 g/mol. The normalized spacial score (nSPS) is 15.5. The van der Waals surface area contributed by atoms with Crippen molar-refractivity contribution in [1.29, 1.82) is 5.41 Å². The summed E-state index contributed by atoms with van der Waals surface area (Å²) in [6, 6.07) is 8.97. The molecule has 7 heteroatoms. The molecule has 1 aliphatic heterocycles. The topological polar surface area (TPSA) is 42.4 Å². The van der Waals surface area contributed by atoms with Gasteiger partial charge in [-0.25, -0.2) is 13.1 Å². The maximum absolute atomic E-state index is 14.5. The lowest BCUT2D eigenvalue weighted by Gasteiger charge is -2.23. The van der Waals surface area contributed by atoms with Gasteiger partial charge in [-0.15, -0.1) is 0 Å². The summed E-state index contributed by atoms with van der Waals surface area (Å²) in [5.41, 5.74) is 2.09. The molecule has 2 aromatic rings. The molecule has 144 valence electrons. The van der Waals surface area contributed by atoms with Gasteiger partial charge in [0.25, 0.3) is 0 Å². The fourth-order valence-corrected chi connectivity index (χ4v) is 3.79. The molecule has 1 fully saturated rings. The Balaban J connectivity index is 1.77. The van der Waals surface area contributed by atoms with E-state index in [1.54, 1.807) is 11.9 Å². The highest BCUT2D eigenvalue weighted by Crippen LogP contribution is 2.29. The van der Waals surface area contributed by atoms with Crippen LogP contribution < -0.4 is 10.2 Å². The molecular weight excluding hydrogens is 366 g/mol. The number of anilines is 3. The summed E-state index contributed by atoms with van der Waals surface area (Å²) in [6.45, 7) is 5.48. The molecule has 4 nitrogen and oxygen atoms in total. The van der Waals surface area contributed by atoms with E-state index in [0.717, 1.165) is 44.5 Å². The number of hydrogen-bond acceptors (Lipinski definition) is 5. The van der Waals surface area contributed by atoms with Crippen molar-refractivity contribution >= 4 is 35.2 Å². The lowest BCUT2D eigenvalue weighted by molar-refractivity contribution is 0.506. The van der Waals surface area contributed by atoms with Gasteiger partial charge < -0.3 is 15.6 Å². The largest absolute Gasteiger partial charge is 0.370 e. The number of hydrogen-bond donors (Lipinski definition) is 2. The zero-order chi connectivity index (χ0) is 19.4. The molecule has 0 atom stereocenters. The van der Waals surface area contributed by atoms with E-state index >= 15 is 0 Å². The Bertz CT molecular complexity index is 811. The van der Waals surface area contributed by atoms with Gasteiger partial charge in [-0.2, -0.15) is 0 Å².